The van der Waals surface area contributed by atoms with E-state index in [2.05, 4.69) is 16.8 Å². The molecule has 0 radical (unpaired) electrons. The van der Waals surface area contributed by atoms with Crippen molar-refractivity contribution in [3.8, 4) is 0 Å². The molecule has 2 rings (SSSR count). The lowest BCUT2D eigenvalue weighted by molar-refractivity contribution is -0.123. The van der Waals surface area contributed by atoms with Crippen LogP contribution in [0.3, 0.4) is 0 Å². The second-order valence-corrected chi connectivity index (χ2v) is 5.62. The van der Waals surface area contributed by atoms with Crippen LogP contribution < -0.4 is 5.32 Å². The van der Waals surface area contributed by atoms with Gasteiger partial charge in [-0.2, -0.15) is 0 Å². The Balaban J connectivity index is 2.09. The predicted octanol–water partition coefficient (Wildman–Crippen LogP) is 2.91. The van der Waals surface area contributed by atoms with Crippen LogP contribution >= 0.6 is 22.9 Å². The first-order chi connectivity index (χ1) is 7.72. The fraction of sp³-hybridized carbons (Fsp3) is 0.583. The van der Waals surface area contributed by atoms with Gasteiger partial charge in [0.2, 0.25) is 5.91 Å². The number of rotatable bonds is 3. The minimum atomic E-state index is 0.0423. The highest BCUT2D eigenvalue weighted by molar-refractivity contribution is 7.10. The third-order valence-electron chi connectivity index (χ3n) is 2.99. The van der Waals surface area contributed by atoms with E-state index in [-0.39, 0.29) is 17.9 Å². The van der Waals surface area contributed by atoms with Gasteiger partial charge in [-0.15, -0.1) is 22.9 Å². The van der Waals surface area contributed by atoms with Crippen molar-refractivity contribution in [3.63, 3.8) is 0 Å². The average molecular weight is 258 g/mol. The molecular weight excluding hydrogens is 242 g/mol. The van der Waals surface area contributed by atoms with Gasteiger partial charge in [0.15, 0.2) is 0 Å². The number of hydrogen-bond donors (Lipinski definition) is 1. The van der Waals surface area contributed by atoms with Gasteiger partial charge >= 0.3 is 0 Å². The lowest BCUT2D eigenvalue weighted by Crippen LogP contribution is -2.38. The molecule has 1 aliphatic rings. The van der Waals surface area contributed by atoms with E-state index in [1.54, 1.807) is 11.3 Å². The largest absolute Gasteiger partial charge is 0.352 e. The van der Waals surface area contributed by atoms with Crippen LogP contribution in [-0.2, 0) is 11.2 Å². The molecule has 0 aliphatic heterocycles. The van der Waals surface area contributed by atoms with Crippen molar-refractivity contribution in [2.45, 2.75) is 38.1 Å². The van der Waals surface area contributed by atoms with Crippen LogP contribution in [0.2, 0.25) is 0 Å². The second-order valence-electron chi connectivity index (χ2n) is 4.31. The number of carbonyl (C=O) groups excluding carboxylic acids is 1. The van der Waals surface area contributed by atoms with Gasteiger partial charge in [-0.05, 0) is 43.2 Å². The first-order valence-electron chi connectivity index (χ1n) is 5.65. The highest BCUT2D eigenvalue weighted by atomic mass is 35.5. The summed E-state index contributed by atoms with van der Waals surface area (Å²) >= 11 is 7.47. The molecule has 0 saturated carbocycles. The molecule has 4 heteroatoms. The molecule has 0 fully saturated rings. The predicted molar refractivity (Wildman–Crippen MR) is 68.3 cm³/mol. The van der Waals surface area contributed by atoms with Crippen molar-refractivity contribution >= 4 is 28.8 Å². The van der Waals surface area contributed by atoms with Gasteiger partial charge in [0.05, 0.1) is 5.92 Å². The van der Waals surface area contributed by atoms with Gasteiger partial charge in [0.25, 0.3) is 0 Å². The van der Waals surface area contributed by atoms with Crippen LogP contribution in [0.1, 0.15) is 36.1 Å². The maximum absolute atomic E-state index is 12.1. The Labute approximate surface area is 105 Å². The Morgan fingerprint density at radius 2 is 2.56 bits per heavy atom. The molecule has 88 valence electrons. The molecule has 1 aliphatic carbocycles. The Morgan fingerprint density at radius 3 is 3.31 bits per heavy atom. The molecule has 2 nitrogen and oxygen atoms in total. The summed E-state index contributed by atoms with van der Waals surface area (Å²) in [5.41, 5.74) is 1.23. The molecule has 0 saturated heterocycles. The highest BCUT2D eigenvalue weighted by Crippen LogP contribution is 2.34. The van der Waals surface area contributed by atoms with Gasteiger partial charge < -0.3 is 5.32 Å². The third-order valence-corrected chi connectivity index (χ3v) is 4.45. The van der Waals surface area contributed by atoms with Crippen molar-refractivity contribution < 1.29 is 4.79 Å². The molecule has 16 heavy (non-hydrogen) atoms. The van der Waals surface area contributed by atoms with E-state index in [0.717, 1.165) is 19.3 Å². The third kappa shape index (κ3) is 2.41. The number of alkyl halides is 1. The molecule has 2 unspecified atom stereocenters. The molecule has 0 aromatic carbocycles. The SMILES string of the molecule is CC(CCl)NC(=O)C1CCCc2sccc21. The first kappa shape index (κ1) is 11.9. The second kappa shape index (κ2) is 5.19. The van der Waals surface area contributed by atoms with E-state index in [0.29, 0.717) is 5.88 Å². The lowest BCUT2D eigenvalue weighted by Gasteiger charge is -2.23. The Bertz CT molecular complexity index is 377. The zero-order valence-electron chi connectivity index (χ0n) is 9.33. The van der Waals surface area contributed by atoms with Gasteiger partial charge in [0.1, 0.15) is 0 Å². The smallest absolute Gasteiger partial charge is 0.227 e. The summed E-state index contributed by atoms with van der Waals surface area (Å²) in [6, 6.07) is 2.15. The quantitative estimate of drug-likeness (QED) is 0.829. The molecular formula is C12H16ClNOS. The maximum Gasteiger partial charge on any atom is 0.227 e. The maximum atomic E-state index is 12.1. The Morgan fingerprint density at radius 1 is 1.75 bits per heavy atom. The highest BCUT2D eigenvalue weighted by Gasteiger charge is 2.27. The molecule has 1 amide bonds. The van der Waals surface area contributed by atoms with Gasteiger partial charge in [-0.1, -0.05) is 0 Å². The van der Waals surface area contributed by atoms with Crippen LogP contribution in [0, 0.1) is 0 Å². The molecule has 0 bridgehead atoms. The topological polar surface area (TPSA) is 29.1 Å². The fourth-order valence-electron chi connectivity index (χ4n) is 2.14. The van der Waals surface area contributed by atoms with Gasteiger partial charge in [0, 0.05) is 16.8 Å². The zero-order valence-corrected chi connectivity index (χ0v) is 10.9. The molecule has 1 heterocycles. The van der Waals surface area contributed by atoms with Gasteiger partial charge in [-0.3, -0.25) is 4.79 Å². The first-order valence-corrected chi connectivity index (χ1v) is 7.06. The minimum absolute atomic E-state index is 0.0423. The van der Waals surface area contributed by atoms with E-state index in [9.17, 15) is 4.79 Å². The van der Waals surface area contributed by atoms with Crippen LogP contribution in [0.15, 0.2) is 11.4 Å². The van der Waals surface area contributed by atoms with Crippen molar-refractivity contribution in [1.82, 2.24) is 5.32 Å². The monoisotopic (exact) mass is 257 g/mol. The number of halogens is 1. The number of aryl methyl sites for hydroxylation is 1. The van der Waals surface area contributed by atoms with Crippen molar-refractivity contribution in [1.29, 1.82) is 0 Å². The zero-order chi connectivity index (χ0) is 11.5. The summed E-state index contributed by atoms with van der Waals surface area (Å²) < 4.78 is 0. The Hall–Kier alpha value is -0.540. The molecule has 2 atom stereocenters. The molecule has 1 N–H and O–H groups in total. The Kier molecular flexibility index (Phi) is 3.87. The molecule has 0 spiro atoms. The summed E-state index contributed by atoms with van der Waals surface area (Å²) in [5.74, 6) is 0.641. The summed E-state index contributed by atoms with van der Waals surface area (Å²) in [6.07, 6.45) is 3.20. The fourth-order valence-corrected chi connectivity index (χ4v) is 3.21. The standard InChI is InChI=1S/C12H16ClNOS/c1-8(7-13)14-12(15)10-3-2-4-11-9(10)5-6-16-11/h5-6,8,10H,2-4,7H2,1H3,(H,14,15). The van der Waals surface area contributed by atoms with Crippen LogP contribution in [0.5, 0.6) is 0 Å². The average Bonchev–Trinajstić information content (AvgIpc) is 2.76. The van der Waals surface area contributed by atoms with Crippen molar-refractivity contribution in [2.75, 3.05) is 5.88 Å². The van der Waals surface area contributed by atoms with E-state index >= 15 is 0 Å². The van der Waals surface area contributed by atoms with E-state index in [1.807, 2.05) is 6.92 Å². The summed E-state index contributed by atoms with van der Waals surface area (Å²) in [4.78, 5) is 13.4. The number of hydrogen-bond acceptors (Lipinski definition) is 2. The number of fused-ring (bicyclic) bond motifs is 1. The van der Waals surface area contributed by atoms with E-state index in [1.165, 1.54) is 10.4 Å². The minimum Gasteiger partial charge on any atom is -0.352 e. The lowest BCUT2D eigenvalue weighted by atomic mass is 9.87. The van der Waals surface area contributed by atoms with Crippen LogP contribution in [0.25, 0.3) is 0 Å². The number of thiophene rings is 1. The summed E-state index contributed by atoms with van der Waals surface area (Å²) in [5, 5.41) is 5.05. The number of nitrogens with one attached hydrogen (secondary N) is 1. The van der Waals surface area contributed by atoms with Crippen molar-refractivity contribution in [2.24, 2.45) is 0 Å². The van der Waals surface area contributed by atoms with Crippen molar-refractivity contribution in [3.05, 3.63) is 21.9 Å². The molecule has 1 aromatic heterocycles. The van der Waals surface area contributed by atoms with E-state index in [4.69, 9.17) is 11.6 Å². The van der Waals surface area contributed by atoms with Crippen LogP contribution in [-0.4, -0.2) is 17.8 Å². The number of carbonyl (C=O) groups is 1. The molecule has 1 aromatic rings. The van der Waals surface area contributed by atoms with E-state index < -0.39 is 0 Å². The van der Waals surface area contributed by atoms with Gasteiger partial charge in [-0.25, -0.2) is 0 Å². The summed E-state index contributed by atoms with van der Waals surface area (Å²) in [6.45, 7) is 1.93. The van der Waals surface area contributed by atoms with Crippen LogP contribution in [0.4, 0.5) is 0 Å². The number of amides is 1. The normalized spacial score (nSPS) is 21.2. The summed E-state index contributed by atoms with van der Waals surface area (Å²) in [7, 11) is 0.